The zero-order valence-corrected chi connectivity index (χ0v) is 13.4. The molecule has 0 aliphatic carbocycles. The van der Waals surface area contributed by atoms with Crippen molar-refractivity contribution in [2.24, 2.45) is 5.73 Å². The molecule has 6 heteroatoms. The summed E-state index contributed by atoms with van der Waals surface area (Å²) in [5.41, 5.74) is 6.41. The highest BCUT2D eigenvalue weighted by molar-refractivity contribution is 7.89. The van der Waals surface area contributed by atoms with E-state index in [1.165, 1.54) is 11.4 Å². The Labute approximate surface area is 121 Å². The Kier molecular flexibility index (Phi) is 5.98. The number of nitrogens with two attached hydrogens (primary N) is 1. The van der Waals surface area contributed by atoms with E-state index < -0.39 is 10.0 Å². The van der Waals surface area contributed by atoms with E-state index in [0.29, 0.717) is 12.3 Å². The highest BCUT2D eigenvalue weighted by atomic mass is 32.2. The molecule has 20 heavy (non-hydrogen) atoms. The molecule has 0 saturated carbocycles. The highest BCUT2D eigenvalue weighted by Gasteiger charge is 2.28. The van der Waals surface area contributed by atoms with Crippen molar-refractivity contribution in [1.82, 2.24) is 4.31 Å². The fourth-order valence-electron chi connectivity index (χ4n) is 2.21. The molecule has 0 amide bonds. The normalized spacial score (nSPS) is 12.2. The Morgan fingerprint density at radius 1 is 1.30 bits per heavy atom. The molecule has 0 fully saturated rings. The Balaban J connectivity index is 3.28. The molecule has 0 atom stereocenters. The van der Waals surface area contributed by atoms with Crippen molar-refractivity contribution in [2.45, 2.75) is 44.2 Å². The van der Waals surface area contributed by atoms with E-state index in [2.05, 4.69) is 0 Å². The summed E-state index contributed by atoms with van der Waals surface area (Å²) >= 11 is 0. The van der Waals surface area contributed by atoms with Crippen LogP contribution >= 0.6 is 0 Å². The number of methoxy groups -OCH3 is 1. The molecule has 1 rings (SSSR count). The molecule has 0 radical (unpaired) electrons. The standard InChI is InChI=1S/C14H24N2O3S/c1-5-12(6-2)16(3)20(17,18)14-8-7-11(10-15)9-13(14)19-4/h7-9,12H,5-6,10,15H2,1-4H3. The third-order valence-corrected chi connectivity index (χ3v) is 5.53. The van der Waals surface area contributed by atoms with Crippen molar-refractivity contribution in [3.05, 3.63) is 23.8 Å². The van der Waals surface area contributed by atoms with Gasteiger partial charge in [-0.25, -0.2) is 8.42 Å². The van der Waals surface area contributed by atoms with Crippen molar-refractivity contribution in [3.8, 4) is 5.75 Å². The van der Waals surface area contributed by atoms with Crippen LogP contribution in [0.15, 0.2) is 23.1 Å². The summed E-state index contributed by atoms with van der Waals surface area (Å²) in [6.07, 6.45) is 1.55. The summed E-state index contributed by atoms with van der Waals surface area (Å²) in [5.74, 6) is 0.339. The van der Waals surface area contributed by atoms with Crippen LogP contribution in [0.2, 0.25) is 0 Å². The lowest BCUT2D eigenvalue weighted by atomic mass is 10.2. The summed E-state index contributed by atoms with van der Waals surface area (Å²) < 4.78 is 32.0. The van der Waals surface area contributed by atoms with E-state index >= 15 is 0 Å². The van der Waals surface area contributed by atoms with Crippen LogP contribution in [0.5, 0.6) is 5.75 Å². The molecule has 114 valence electrons. The van der Waals surface area contributed by atoms with Gasteiger partial charge in [-0.05, 0) is 30.5 Å². The maximum absolute atomic E-state index is 12.7. The molecule has 1 aromatic carbocycles. The van der Waals surface area contributed by atoms with Gasteiger partial charge in [0, 0.05) is 19.6 Å². The molecule has 1 aromatic rings. The van der Waals surface area contributed by atoms with Crippen LogP contribution in [0.3, 0.4) is 0 Å². The van der Waals surface area contributed by atoms with Gasteiger partial charge in [-0.2, -0.15) is 4.31 Å². The van der Waals surface area contributed by atoms with Crippen LogP contribution in [0.1, 0.15) is 32.3 Å². The topological polar surface area (TPSA) is 72.6 Å². The van der Waals surface area contributed by atoms with Crippen LogP contribution in [0.4, 0.5) is 0 Å². The van der Waals surface area contributed by atoms with Crippen molar-refractivity contribution in [1.29, 1.82) is 0 Å². The number of hydrogen-bond donors (Lipinski definition) is 1. The van der Waals surface area contributed by atoms with Crippen LogP contribution in [-0.4, -0.2) is 32.9 Å². The number of nitrogens with zero attached hydrogens (tertiary/aromatic N) is 1. The molecular weight excluding hydrogens is 276 g/mol. The predicted octanol–water partition coefficient (Wildman–Crippen LogP) is 1.96. The van der Waals surface area contributed by atoms with E-state index in [4.69, 9.17) is 10.5 Å². The monoisotopic (exact) mass is 300 g/mol. The van der Waals surface area contributed by atoms with E-state index in [-0.39, 0.29) is 10.9 Å². The van der Waals surface area contributed by atoms with E-state index in [0.717, 1.165) is 18.4 Å². The average molecular weight is 300 g/mol. The quantitative estimate of drug-likeness (QED) is 0.835. The second kappa shape index (κ2) is 7.06. The minimum atomic E-state index is -3.56. The molecule has 0 unspecified atom stereocenters. The fraction of sp³-hybridized carbons (Fsp3) is 0.571. The van der Waals surface area contributed by atoms with Crippen molar-refractivity contribution >= 4 is 10.0 Å². The van der Waals surface area contributed by atoms with Gasteiger partial charge < -0.3 is 10.5 Å². The van der Waals surface area contributed by atoms with Gasteiger partial charge in [0.2, 0.25) is 10.0 Å². The maximum Gasteiger partial charge on any atom is 0.246 e. The Morgan fingerprint density at radius 3 is 2.35 bits per heavy atom. The molecule has 0 aliphatic rings. The summed E-state index contributed by atoms with van der Waals surface area (Å²) in [6, 6.07) is 4.94. The zero-order chi connectivity index (χ0) is 15.3. The third-order valence-electron chi connectivity index (χ3n) is 3.58. The smallest absolute Gasteiger partial charge is 0.246 e. The Bertz CT molecular complexity index is 539. The predicted molar refractivity (Wildman–Crippen MR) is 80.2 cm³/mol. The van der Waals surface area contributed by atoms with Gasteiger partial charge in [-0.3, -0.25) is 0 Å². The molecule has 0 aromatic heterocycles. The lowest BCUT2D eigenvalue weighted by Crippen LogP contribution is -2.36. The minimum absolute atomic E-state index is 0.0149. The lowest BCUT2D eigenvalue weighted by Gasteiger charge is -2.26. The molecule has 5 nitrogen and oxygen atoms in total. The van der Waals surface area contributed by atoms with E-state index in [1.807, 2.05) is 13.8 Å². The molecule has 0 bridgehead atoms. The van der Waals surface area contributed by atoms with Crippen LogP contribution in [0.25, 0.3) is 0 Å². The van der Waals surface area contributed by atoms with Gasteiger partial charge in [0.15, 0.2) is 0 Å². The summed E-state index contributed by atoms with van der Waals surface area (Å²) in [6.45, 7) is 4.31. The van der Waals surface area contributed by atoms with Crippen molar-refractivity contribution in [2.75, 3.05) is 14.2 Å². The number of rotatable bonds is 7. The van der Waals surface area contributed by atoms with Crippen LogP contribution < -0.4 is 10.5 Å². The van der Waals surface area contributed by atoms with Gasteiger partial charge >= 0.3 is 0 Å². The first-order chi connectivity index (χ1) is 9.42. The van der Waals surface area contributed by atoms with Gasteiger partial charge in [0.05, 0.1) is 7.11 Å². The highest BCUT2D eigenvalue weighted by Crippen LogP contribution is 2.29. The van der Waals surface area contributed by atoms with E-state index in [9.17, 15) is 8.42 Å². The number of sulfonamides is 1. The average Bonchev–Trinajstić information content (AvgIpc) is 2.47. The number of hydrogen-bond acceptors (Lipinski definition) is 4. The second-order valence-electron chi connectivity index (χ2n) is 4.68. The molecule has 0 heterocycles. The van der Waals surface area contributed by atoms with Crippen LogP contribution in [-0.2, 0) is 16.6 Å². The van der Waals surface area contributed by atoms with Crippen molar-refractivity contribution in [3.63, 3.8) is 0 Å². The molecule has 0 saturated heterocycles. The largest absolute Gasteiger partial charge is 0.495 e. The first-order valence-corrected chi connectivity index (χ1v) is 8.21. The van der Waals surface area contributed by atoms with Crippen molar-refractivity contribution < 1.29 is 13.2 Å². The summed E-state index contributed by atoms with van der Waals surface area (Å²) in [4.78, 5) is 0.187. The number of benzene rings is 1. The SMILES string of the molecule is CCC(CC)N(C)S(=O)(=O)c1ccc(CN)cc1OC. The molecular formula is C14H24N2O3S. The Morgan fingerprint density at radius 2 is 1.90 bits per heavy atom. The van der Waals surface area contributed by atoms with E-state index in [1.54, 1.807) is 25.2 Å². The summed E-state index contributed by atoms with van der Waals surface area (Å²) in [7, 11) is -0.484. The van der Waals surface area contributed by atoms with Gasteiger partial charge in [-0.15, -0.1) is 0 Å². The first-order valence-electron chi connectivity index (χ1n) is 6.77. The lowest BCUT2D eigenvalue weighted by molar-refractivity contribution is 0.345. The number of ether oxygens (including phenoxy) is 1. The second-order valence-corrected chi connectivity index (χ2v) is 6.65. The molecule has 0 aliphatic heterocycles. The zero-order valence-electron chi connectivity index (χ0n) is 12.6. The van der Waals surface area contributed by atoms with Gasteiger partial charge in [0.25, 0.3) is 0 Å². The maximum atomic E-state index is 12.7. The first kappa shape index (κ1) is 16.9. The summed E-state index contributed by atoms with van der Waals surface area (Å²) in [5, 5.41) is 0. The fourth-order valence-corrected chi connectivity index (χ4v) is 3.84. The van der Waals surface area contributed by atoms with Crippen LogP contribution in [0, 0.1) is 0 Å². The van der Waals surface area contributed by atoms with Gasteiger partial charge in [-0.1, -0.05) is 19.9 Å². The third kappa shape index (κ3) is 3.31. The van der Waals surface area contributed by atoms with Gasteiger partial charge in [0.1, 0.15) is 10.6 Å². The minimum Gasteiger partial charge on any atom is -0.495 e. The molecule has 0 spiro atoms. The Hall–Kier alpha value is -1.11. The molecule has 2 N–H and O–H groups in total.